The predicted octanol–water partition coefficient (Wildman–Crippen LogP) is 3.28. The van der Waals surface area contributed by atoms with Gasteiger partial charge in [0, 0.05) is 30.4 Å². The molecular weight excluding hydrogens is 410 g/mol. The molecule has 1 saturated heterocycles. The maximum absolute atomic E-state index is 12.8. The Labute approximate surface area is 174 Å². The molecule has 0 aliphatic carbocycles. The van der Waals surface area contributed by atoms with E-state index in [1.54, 1.807) is 0 Å². The first kappa shape index (κ1) is 21.7. The van der Waals surface area contributed by atoms with Crippen LogP contribution in [0.15, 0.2) is 47.4 Å². The molecule has 30 heavy (non-hydrogen) atoms. The van der Waals surface area contributed by atoms with Crippen molar-refractivity contribution in [3.63, 3.8) is 0 Å². The van der Waals surface area contributed by atoms with E-state index in [2.05, 4.69) is 5.32 Å². The van der Waals surface area contributed by atoms with Gasteiger partial charge in [-0.25, -0.2) is 8.42 Å². The van der Waals surface area contributed by atoms with E-state index < -0.39 is 20.9 Å². The third kappa shape index (κ3) is 4.60. The van der Waals surface area contributed by atoms with Crippen LogP contribution in [0.5, 0.6) is 5.75 Å². The summed E-state index contributed by atoms with van der Waals surface area (Å²) in [7, 11) is -2.28. The van der Waals surface area contributed by atoms with Crippen molar-refractivity contribution in [1.82, 2.24) is 4.31 Å². The normalized spacial score (nSPS) is 17.3. The first-order chi connectivity index (χ1) is 14.2. The summed E-state index contributed by atoms with van der Waals surface area (Å²) in [5.41, 5.74) is 0.147. The zero-order valence-electron chi connectivity index (χ0n) is 16.7. The molecule has 0 radical (unpaired) electrons. The lowest BCUT2D eigenvalue weighted by molar-refractivity contribution is -0.385. The number of nitro benzene ring substituents is 1. The van der Waals surface area contributed by atoms with E-state index in [0.717, 1.165) is 18.9 Å². The van der Waals surface area contributed by atoms with Crippen LogP contribution in [0.2, 0.25) is 0 Å². The Kier molecular flexibility index (Phi) is 6.37. The zero-order chi connectivity index (χ0) is 21.9. The molecule has 1 fully saturated rings. The average molecular weight is 433 g/mol. The van der Waals surface area contributed by atoms with Gasteiger partial charge >= 0.3 is 5.69 Å². The fourth-order valence-electron chi connectivity index (χ4n) is 3.40. The van der Waals surface area contributed by atoms with Crippen molar-refractivity contribution < 1.29 is 22.9 Å². The van der Waals surface area contributed by atoms with Gasteiger partial charge in [-0.1, -0.05) is 6.92 Å². The molecule has 2 aromatic carbocycles. The Balaban J connectivity index is 1.75. The Morgan fingerprint density at radius 1 is 1.23 bits per heavy atom. The summed E-state index contributed by atoms with van der Waals surface area (Å²) in [5.74, 6) is -0.181. The highest BCUT2D eigenvalue weighted by Gasteiger charge is 2.28. The summed E-state index contributed by atoms with van der Waals surface area (Å²) in [6.45, 7) is 3.03. The molecule has 160 valence electrons. The number of nitrogens with one attached hydrogen (secondary N) is 1. The topological polar surface area (TPSA) is 119 Å². The third-order valence-corrected chi connectivity index (χ3v) is 6.89. The van der Waals surface area contributed by atoms with Gasteiger partial charge in [0.2, 0.25) is 10.0 Å². The predicted molar refractivity (Wildman–Crippen MR) is 111 cm³/mol. The van der Waals surface area contributed by atoms with Crippen molar-refractivity contribution in [3.8, 4) is 5.75 Å². The fourth-order valence-corrected chi connectivity index (χ4v) is 5.00. The number of sulfonamides is 1. The van der Waals surface area contributed by atoms with Crippen LogP contribution in [0, 0.1) is 16.0 Å². The number of nitro groups is 1. The smallest absolute Gasteiger partial charge is 0.311 e. The van der Waals surface area contributed by atoms with Crippen LogP contribution in [0.4, 0.5) is 11.4 Å². The van der Waals surface area contributed by atoms with Crippen molar-refractivity contribution in [3.05, 3.63) is 58.1 Å². The van der Waals surface area contributed by atoms with Crippen molar-refractivity contribution in [1.29, 1.82) is 0 Å². The van der Waals surface area contributed by atoms with E-state index in [1.807, 2.05) is 6.92 Å². The standard InChI is InChI=1S/C20H23N3O6S/c1-14-4-3-11-22(13-14)30(27,28)17-8-6-16(7-9-17)21-20(24)15-5-10-19(29-2)18(12-15)23(25)26/h5-10,12,14H,3-4,11,13H2,1-2H3,(H,21,24). The van der Waals surface area contributed by atoms with Crippen LogP contribution < -0.4 is 10.1 Å². The summed E-state index contributed by atoms with van der Waals surface area (Å²) in [4.78, 5) is 23.1. The Morgan fingerprint density at radius 2 is 1.93 bits per heavy atom. The summed E-state index contributed by atoms with van der Waals surface area (Å²) in [6.07, 6.45) is 1.85. The van der Waals surface area contributed by atoms with Crippen LogP contribution in [0.25, 0.3) is 0 Å². The first-order valence-electron chi connectivity index (χ1n) is 9.46. The largest absolute Gasteiger partial charge is 0.490 e. The average Bonchev–Trinajstić information content (AvgIpc) is 2.73. The van der Waals surface area contributed by atoms with Crippen LogP contribution in [0.1, 0.15) is 30.1 Å². The first-order valence-corrected chi connectivity index (χ1v) is 10.9. The van der Waals surface area contributed by atoms with Crippen molar-refractivity contribution in [2.75, 3.05) is 25.5 Å². The monoisotopic (exact) mass is 433 g/mol. The lowest BCUT2D eigenvalue weighted by Crippen LogP contribution is -2.39. The van der Waals surface area contributed by atoms with Gasteiger partial charge in [0.05, 0.1) is 16.9 Å². The lowest BCUT2D eigenvalue weighted by atomic mass is 10.0. The van der Waals surface area contributed by atoms with Crippen LogP contribution >= 0.6 is 0 Å². The van der Waals surface area contributed by atoms with Gasteiger partial charge in [0.25, 0.3) is 5.91 Å². The minimum absolute atomic E-state index is 0.0538. The molecule has 0 spiro atoms. The van der Waals surface area contributed by atoms with E-state index >= 15 is 0 Å². The number of carbonyl (C=O) groups is 1. The minimum Gasteiger partial charge on any atom is -0.490 e. The number of anilines is 1. The highest BCUT2D eigenvalue weighted by Crippen LogP contribution is 2.28. The van der Waals surface area contributed by atoms with E-state index in [1.165, 1.54) is 47.8 Å². The van der Waals surface area contributed by atoms with Gasteiger partial charge in [-0.2, -0.15) is 4.31 Å². The van der Waals surface area contributed by atoms with Crippen molar-refractivity contribution >= 4 is 27.3 Å². The van der Waals surface area contributed by atoms with Crippen molar-refractivity contribution in [2.45, 2.75) is 24.7 Å². The van der Waals surface area contributed by atoms with Crippen LogP contribution in [0.3, 0.4) is 0 Å². The number of nitrogens with zero attached hydrogens (tertiary/aromatic N) is 2. The molecule has 9 nitrogen and oxygen atoms in total. The summed E-state index contributed by atoms with van der Waals surface area (Å²) in [6, 6.07) is 9.78. The highest BCUT2D eigenvalue weighted by atomic mass is 32.2. The number of ether oxygens (including phenoxy) is 1. The second-order valence-electron chi connectivity index (χ2n) is 7.23. The zero-order valence-corrected chi connectivity index (χ0v) is 17.5. The molecule has 0 bridgehead atoms. The molecule has 0 saturated carbocycles. The van der Waals surface area contributed by atoms with Gasteiger partial charge in [-0.3, -0.25) is 14.9 Å². The van der Waals surface area contributed by atoms with Crippen LogP contribution in [-0.4, -0.2) is 43.8 Å². The molecule has 1 unspecified atom stereocenters. The second kappa shape index (κ2) is 8.80. The van der Waals surface area contributed by atoms with Crippen LogP contribution in [-0.2, 0) is 10.0 Å². The molecule has 1 heterocycles. The Hall–Kier alpha value is -2.98. The summed E-state index contributed by atoms with van der Waals surface area (Å²) < 4.78 is 32.0. The SMILES string of the molecule is COc1ccc(C(=O)Nc2ccc(S(=O)(=O)N3CCCC(C)C3)cc2)cc1[N+](=O)[O-]. The number of benzene rings is 2. The number of carbonyl (C=O) groups excluding carboxylic acids is 1. The van der Waals surface area contributed by atoms with E-state index in [-0.39, 0.29) is 21.9 Å². The molecule has 1 amide bonds. The summed E-state index contributed by atoms with van der Waals surface area (Å²) in [5, 5.41) is 13.7. The van der Waals surface area contributed by atoms with Crippen molar-refractivity contribution in [2.24, 2.45) is 5.92 Å². The Bertz CT molecular complexity index is 1050. The minimum atomic E-state index is -3.58. The van der Waals surface area contributed by atoms with Gasteiger partial charge in [-0.15, -0.1) is 0 Å². The molecule has 10 heteroatoms. The number of rotatable bonds is 6. The highest BCUT2D eigenvalue weighted by molar-refractivity contribution is 7.89. The van der Waals surface area contributed by atoms with E-state index in [9.17, 15) is 23.3 Å². The molecule has 2 aromatic rings. The maximum Gasteiger partial charge on any atom is 0.311 e. The second-order valence-corrected chi connectivity index (χ2v) is 9.17. The van der Waals surface area contributed by atoms with Gasteiger partial charge in [-0.05, 0) is 55.2 Å². The molecule has 3 rings (SSSR count). The number of amides is 1. The van der Waals surface area contributed by atoms with Gasteiger partial charge in [0.15, 0.2) is 5.75 Å². The number of hydrogen-bond acceptors (Lipinski definition) is 6. The van der Waals surface area contributed by atoms with E-state index in [4.69, 9.17) is 4.74 Å². The molecule has 1 N–H and O–H groups in total. The van der Waals surface area contributed by atoms with Gasteiger partial charge < -0.3 is 10.1 Å². The van der Waals surface area contributed by atoms with Gasteiger partial charge in [0.1, 0.15) is 0 Å². The lowest BCUT2D eigenvalue weighted by Gasteiger charge is -2.30. The number of piperidine rings is 1. The number of hydrogen-bond donors (Lipinski definition) is 1. The molecule has 1 aliphatic heterocycles. The molecular formula is C20H23N3O6S. The van der Waals surface area contributed by atoms with E-state index in [0.29, 0.717) is 24.7 Å². The molecule has 1 aliphatic rings. The summed E-state index contributed by atoms with van der Waals surface area (Å²) >= 11 is 0. The number of methoxy groups -OCH3 is 1. The molecule has 1 atom stereocenters. The quantitative estimate of drug-likeness (QED) is 0.552. The third-order valence-electron chi connectivity index (χ3n) is 5.01. The Morgan fingerprint density at radius 3 is 2.53 bits per heavy atom. The molecule has 0 aromatic heterocycles. The fraction of sp³-hybridized carbons (Fsp3) is 0.350. The maximum atomic E-state index is 12.8.